The van der Waals surface area contributed by atoms with E-state index in [1.807, 2.05) is 0 Å². The number of amides is 1. The maximum atomic E-state index is 12.9. The van der Waals surface area contributed by atoms with Crippen LogP contribution in [0.1, 0.15) is 33.8 Å². The van der Waals surface area contributed by atoms with Gasteiger partial charge in [0.05, 0.1) is 14.2 Å². The summed E-state index contributed by atoms with van der Waals surface area (Å²) < 4.78 is 10.5. The Morgan fingerprint density at radius 2 is 2.04 bits per heavy atom. The van der Waals surface area contributed by atoms with Crippen molar-refractivity contribution in [2.24, 2.45) is 5.92 Å². The number of carbonyl (C=O) groups excluding carboxylic acids is 2. The van der Waals surface area contributed by atoms with Gasteiger partial charge in [0.2, 0.25) is 5.82 Å². The Bertz CT molecular complexity index is 760. The molecule has 8 nitrogen and oxygen atoms in total. The van der Waals surface area contributed by atoms with Gasteiger partial charge in [-0.25, -0.2) is 4.98 Å². The van der Waals surface area contributed by atoms with Crippen molar-refractivity contribution in [3.63, 3.8) is 0 Å². The van der Waals surface area contributed by atoms with Crippen molar-refractivity contribution in [1.29, 1.82) is 0 Å². The van der Waals surface area contributed by atoms with Crippen molar-refractivity contribution >= 4 is 11.7 Å². The van der Waals surface area contributed by atoms with Gasteiger partial charge >= 0.3 is 0 Å². The maximum absolute atomic E-state index is 12.9. The van der Waals surface area contributed by atoms with E-state index in [2.05, 4.69) is 15.2 Å². The van der Waals surface area contributed by atoms with Crippen molar-refractivity contribution in [3.8, 4) is 11.5 Å². The monoisotopic (exact) mass is 344 g/mol. The third kappa shape index (κ3) is 3.47. The molecular weight excluding hydrogens is 324 g/mol. The first kappa shape index (κ1) is 16.9. The summed E-state index contributed by atoms with van der Waals surface area (Å²) in [6.07, 6.45) is 2.81. The van der Waals surface area contributed by atoms with Crippen LogP contribution in [0, 0.1) is 5.92 Å². The van der Waals surface area contributed by atoms with Crippen molar-refractivity contribution in [1.82, 2.24) is 20.1 Å². The molecule has 1 unspecified atom stereocenters. The van der Waals surface area contributed by atoms with Crippen LogP contribution in [0.2, 0.25) is 0 Å². The number of hydrogen-bond donors (Lipinski definition) is 1. The fourth-order valence-corrected chi connectivity index (χ4v) is 3.06. The minimum Gasteiger partial charge on any atom is -0.493 e. The zero-order valence-electron chi connectivity index (χ0n) is 14.2. The summed E-state index contributed by atoms with van der Waals surface area (Å²) in [5.41, 5.74) is 0.552. The first-order valence-electron chi connectivity index (χ1n) is 8.05. The third-order valence-corrected chi connectivity index (χ3v) is 4.37. The average Bonchev–Trinajstić information content (AvgIpc) is 3.21. The summed E-state index contributed by atoms with van der Waals surface area (Å²) in [4.78, 5) is 30.8. The number of ether oxygens (including phenoxy) is 2. The number of piperidine rings is 1. The van der Waals surface area contributed by atoms with Gasteiger partial charge in [-0.3, -0.25) is 14.7 Å². The molecule has 1 aromatic carbocycles. The quantitative estimate of drug-likeness (QED) is 0.827. The number of H-pyrrole nitrogens is 1. The van der Waals surface area contributed by atoms with E-state index in [0.29, 0.717) is 30.2 Å². The molecule has 0 radical (unpaired) electrons. The first-order chi connectivity index (χ1) is 12.1. The van der Waals surface area contributed by atoms with E-state index in [0.717, 1.165) is 12.8 Å². The molecule has 1 aromatic heterocycles. The van der Waals surface area contributed by atoms with Gasteiger partial charge in [-0.15, -0.1) is 0 Å². The molecule has 0 bridgehead atoms. The van der Waals surface area contributed by atoms with Crippen molar-refractivity contribution < 1.29 is 19.1 Å². The second kappa shape index (κ2) is 7.33. The highest BCUT2D eigenvalue weighted by Crippen LogP contribution is 2.30. The van der Waals surface area contributed by atoms with Crippen LogP contribution in [0.4, 0.5) is 0 Å². The number of carbonyl (C=O) groups is 2. The smallest absolute Gasteiger partial charge is 0.291 e. The SMILES string of the molecule is COc1ccc(C(=O)C2CCCN(C(=O)c3ncn[nH]3)C2)cc1OC. The Labute approximate surface area is 145 Å². The number of ketones is 1. The van der Waals surface area contributed by atoms with Crippen LogP contribution in [-0.4, -0.2) is 59.1 Å². The molecule has 8 heteroatoms. The number of rotatable bonds is 5. The van der Waals surface area contributed by atoms with Gasteiger partial charge in [-0.2, -0.15) is 5.10 Å². The van der Waals surface area contributed by atoms with Gasteiger partial charge in [0.15, 0.2) is 17.3 Å². The third-order valence-electron chi connectivity index (χ3n) is 4.37. The molecule has 1 aliphatic heterocycles. The molecule has 0 spiro atoms. The van der Waals surface area contributed by atoms with Gasteiger partial charge in [-0.1, -0.05) is 0 Å². The van der Waals surface area contributed by atoms with Gasteiger partial charge < -0.3 is 14.4 Å². The van der Waals surface area contributed by atoms with Crippen molar-refractivity contribution in [2.75, 3.05) is 27.3 Å². The zero-order valence-corrected chi connectivity index (χ0v) is 14.2. The van der Waals surface area contributed by atoms with Gasteiger partial charge in [0.25, 0.3) is 5.91 Å². The number of nitrogens with one attached hydrogen (secondary N) is 1. The summed E-state index contributed by atoms with van der Waals surface area (Å²) in [5.74, 6) is 0.792. The van der Waals surface area contributed by atoms with Gasteiger partial charge in [0.1, 0.15) is 6.33 Å². The lowest BCUT2D eigenvalue weighted by Gasteiger charge is -2.31. The zero-order chi connectivity index (χ0) is 17.8. The van der Waals surface area contributed by atoms with Crippen molar-refractivity contribution in [3.05, 3.63) is 35.9 Å². The van der Waals surface area contributed by atoms with Gasteiger partial charge in [0, 0.05) is 24.6 Å². The maximum Gasteiger partial charge on any atom is 0.291 e. The number of hydrogen-bond acceptors (Lipinski definition) is 6. The van der Waals surface area contributed by atoms with Crippen LogP contribution in [-0.2, 0) is 0 Å². The van der Waals surface area contributed by atoms with E-state index in [1.54, 1.807) is 30.2 Å². The predicted molar refractivity (Wildman–Crippen MR) is 88.9 cm³/mol. The highest BCUT2D eigenvalue weighted by atomic mass is 16.5. The molecule has 1 atom stereocenters. The summed E-state index contributed by atoms with van der Waals surface area (Å²) >= 11 is 0. The molecule has 1 fully saturated rings. The van der Waals surface area contributed by atoms with E-state index in [4.69, 9.17) is 9.47 Å². The molecule has 25 heavy (non-hydrogen) atoms. The molecule has 1 saturated heterocycles. The number of nitrogens with zero attached hydrogens (tertiary/aromatic N) is 3. The highest BCUT2D eigenvalue weighted by Gasteiger charge is 2.30. The van der Waals surface area contributed by atoms with Crippen molar-refractivity contribution in [2.45, 2.75) is 12.8 Å². The number of aromatic amines is 1. The first-order valence-corrected chi connectivity index (χ1v) is 8.05. The number of methoxy groups -OCH3 is 2. The number of benzene rings is 1. The second-order valence-electron chi connectivity index (χ2n) is 5.86. The Kier molecular flexibility index (Phi) is 4.97. The molecule has 1 N–H and O–H groups in total. The minimum absolute atomic E-state index is 0.00368. The summed E-state index contributed by atoms with van der Waals surface area (Å²) in [5, 5.41) is 6.27. The number of likely N-dealkylation sites (tertiary alicyclic amines) is 1. The standard InChI is InChI=1S/C17H20N4O4/c1-24-13-6-5-11(8-14(13)25-2)15(22)12-4-3-7-21(9-12)17(23)16-18-10-19-20-16/h5-6,8,10,12H,3-4,7,9H2,1-2H3,(H,18,19,20). The van der Waals surface area contributed by atoms with Crippen LogP contribution in [0.3, 0.4) is 0 Å². The van der Waals surface area contributed by atoms with E-state index < -0.39 is 0 Å². The molecule has 0 aliphatic carbocycles. The van der Waals surface area contributed by atoms with Crippen LogP contribution in [0.25, 0.3) is 0 Å². The van der Waals surface area contributed by atoms with E-state index in [1.165, 1.54) is 13.4 Å². The van der Waals surface area contributed by atoms with Crippen LogP contribution >= 0.6 is 0 Å². The highest BCUT2D eigenvalue weighted by molar-refractivity contribution is 5.99. The molecule has 2 aromatic rings. The summed E-state index contributed by atoms with van der Waals surface area (Å²) in [7, 11) is 3.08. The molecule has 1 amide bonds. The largest absolute Gasteiger partial charge is 0.493 e. The van der Waals surface area contributed by atoms with Gasteiger partial charge in [-0.05, 0) is 31.0 Å². The lowest BCUT2D eigenvalue weighted by atomic mass is 9.89. The summed E-state index contributed by atoms with van der Waals surface area (Å²) in [6.45, 7) is 0.974. The van der Waals surface area contributed by atoms with E-state index in [9.17, 15) is 9.59 Å². The molecule has 1 aliphatic rings. The van der Waals surface area contributed by atoms with Crippen LogP contribution < -0.4 is 9.47 Å². The molecule has 3 rings (SSSR count). The predicted octanol–water partition coefficient (Wildman–Crippen LogP) is 1.56. The number of aromatic nitrogens is 3. The molecule has 2 heterocycles. The van der Waals surface area contributed by atoms with Crippen LogP contribution in [0.15, 0.2) is 24.5 Å². The molecule has 0 saturated carbocycles. The fourth-order valence-electron chi connectivity index (χ4n) is 3.06. The minimum atomic E-state index is -0.251. The lowest BCUT2D eigenvalue weighted by molar-refractivity contribution is 0.0627. The lowest BCUT2D eigenvalue weighted by Crippen LogP contribution is -2.42. The molecule has 132 valence electrons. The topological polar surface area (TPSA) is 97.4 Å². The van der Waals surface area contributed by atoms with Crippen LogP contribution in [0.5, 0.6) is 11.5 Å². The van der Waals surface area contributed by atoms with E-state index >= 15 is 0 Å². The normalized spacial score (nSPS) is 17.2. The fraction of sp³-hybridized carbons (Fsp3) is 0.412. The molecular formula is C17H20N4O4. The van der Waals surface area contributed by atoms with E-state index in [-0.39, 0.29) is 23.4 Å². The second-order valence-corrected chi connectivity index (χ2v) is 5.86. The Balaban J connectivity index is 1.75. The number of Topliss-reactive ketones (excluding diaryl/α,β-unsaturated/α-hetero) is 1. The Morgan fingerprint density at radius 3 is 2.72 bits per heavy atom. The Hall–Kier alpha value is -2.90. The average molecular weight is 344 g/mol. The Morgan fingerprint density at radius 1 is 1.24 bits per heavy atom. The summed E-state index contributed by atoms with van der Waals surface area (Å²) in [6, 6.07) is 5.12.